The molecule has 0 bridgehead atoms. The van der Waals surface area contributed by atoms with Gasteiger partial charge in [-0.2, -0.15) is 0 Å². The van der Waals surface area contributed by atoms with Gasteiger partial charge in [0.05, 0.1) is 0 Å². The quantitative estimate of drug-likeness (QED) is 0.844. The Morgan fingerprint density at radius 1 is 1.10 bits per heavy atom. The zero-order chi connectivity index (χ0) is 15.3. The van der Waals surface area contributed by atoms with E-state index in [0.29, 0.717) is 5.56 Å². The van der Waals surface area contributed by atoms with Gasteiger partial charge >= 0.3 is 12.1 Å². The van der Waals surface area contributed by atoms with E-state index in [9.17, 15) is 14.4 Å². The number of imide groups is 1. The number of amides is 5. The van der Waals surface area contributed by atoms with Gasteiger partial charge in [-0.25, -0.2) is 14.5 Å². The number of urea groups is 2. The summed E-state index contributed by atoms with van der Waals surface area (Å²) in [7, 11) is 4.37. The molecule has 20 heavy (non-hydrogen) atoms. The van der Waals surface area contributed by atoms with Crippen molar-refractivity contribution in [3.63, 3.8) is 0 Å². The van der Waals surface area contributed by atoms with Gasteiger partial charge in [0.1, 0.15) is 6.04 Å². The largest absolute Gasteiger partial charge is 0.368 e. The Morgan fingerprint density at radius 2 is 1.65 bits per heavy atom. The Labute approximate surface area is 117 Å². The van der Waals surface area contributed by atoms with Crippen molar-refractivity contribution < 1.29 is 14.4 Å². The minimum absolute atomic E-state index is 0.501. The third kappa shape index (κ3) is 3.71. The zero-order valence-corrected chi connectivity index (χ0v) is 11.7. The van der Waals surface area contributed by atoms with E-state index < -0.39 is 24.0 Å². The van der Waals surface area contributed by atoms with Crippen molar-refractivity contribution in [3.8, 4) is 0 Å². The summed E-state index contributed by atoms with van der Waals surface area (Å²) in [5.74, 6) is -0.699. The lowest BCUT2D eigenvalue weighted by molar-refractivity contribution is -0.119. The van der Waals surface area contributed by atoms with Crippen LogP contribution in [0.3, 0.4) is 0 Å². The highest BCUT2D eigenvalue weighted by Gasteiger charge is 2.25. The summed E-state index contributed by atoms with van der Waals surface area (Å²) in [5.41, 5.74) is 5.84. The number of carbonyl (C=O) groups is 3. The standard InChI is InChI=1S/C13H18N4O3/c1-16(2)13(20)17(3)12(19)15-10(11(14)18)9-7-5-4-6-8-9/h4-8,10H,1-3H3,(H2,14,18)(H,15,19). The lowest BCUT2D eigenvalue weighted by atomic mass is 10.1. The molecule has 0 radical (unpaired) electrons. The number of hydrogen-bond donors (Lipinski definition) is 2. The minimum Gasteiger partial charge on any atom is -0.368 e. The second-order valence-electron chi connectivity index (χ2n) is 4.43. The molecule has 1 unspecified atom stereocenters. The molecule has 7 heteroatoms. The smallest absolute Gasteiger partial charge is 0.327 e. The molecule has 3 N–H and O–H groups in total. The number of nitrogens with zero attached hydrogens (tertiary/aromatic N) is 2. The van der Waals surface area contributed by atoms with Crippen LogP contribution in [-0.4, -0.2) is 48.9 Å². The number of carbonyl (C=O) groups excluding carboxylic acids is 3. The summed E-state index contributed by atoms with van der Waals surface area (Å²) in [6.45, 7) is 0. The molecule has 0 aliphatic heterocycles. The first kappa shape index (κ1) is 15.5. The van der Waals surface area contributed by atoms with E-state index in [1.54, 1.807) is 30.3 Å². The van der Waals surface area contributed by atoms with Crippen molar-refractivity contribution in [2.24, 2.45) is 5.73 Å². The summed E-state index contributed by atoms with van der Waals surface area (Å²) in [4.78, 5) is 37.2. The summed E-state index contributed by atoms with van der Waals surface area (Å²) in [5, 5.41) is 2.43. The second-order valence-corrected chi connectivity index (χ2v) is 4.43. The monoisotopic (exact) mass is 278 g/mol. The van der Waals surface area contributed by atoms with E-state index >= 15 is 0 Å². The molecule has 1 rings (SSSR count). The second kappa shape index (κ2) is 6.55. The molecule has 1 aromatic carbocycles. The van der Waals surface area contributed by atoms with Crippen molar-refractivity contribution >= 4 is 18.0 Å². The van der Waals surface area contributed by atoms with Crippen LogP contribution in [0.4, 0.5) is 9.59 Å². The lowest BCUT2D eigenvalue weighted by Crippen LogP contribution is -2.48. The highest BCUT2D eigenvalue weighted by molar-refractivity contribution is 5.95. The Bertz CT molecular complexity index is 502. The van der Waals surface area contributed by atoms with E-state index in [4.69, 9.17) is 5.73 Å². The van der Waals surface area contributed by atoms with Gasteiger partial charge in [0.15, 0.2) is 0 Å². The van der Waals surface area contributed by atoms with Crippen LogP contribution >= 0.6 is 0 Å². The number of rotatable bonds is 3. The maximum atomic E-state index is 11.9. The van der Waals surface area contributed by atoms with Crippen LogP contribution in [0.1, 0.15) is 11.6 Å². The lowest BCUT2D eigenvalue weighted by Gasteiger charge is -2.23. The molecule has 1 atom stereocenters. The maximum Gasteiger partial charge on any atom is 0.327 e. The molecule has 0 fully saturated rings. The maximum absolute atomic E-state index is 11.9. The van der Waals surface area contributed by atoms with Gasteiger partial charge in [0.25, 0.3) is 0 Å². The van der Waals surface area contributed by atoms with Crippen molar-refractivity contribution in [1.29, 1.82) is 0 Å². The predicted octanol–water partition coefficient (Wildman–Crippen LogP) is 0.536. The summed E-state index contributed by atoms with van der Waals surface area (Å²) in [6, 6.07) is 6.40. The van der Waals surface area contributed by atoms with Gasteiger partial charge in [-0.05, 0) is 5.56 Å². The minimum atomic E-state index is -0.985. The first-order chi connectivity index (χ1) is 9.34. The van der Waals surface area contributed by atoms with E-state index in [2.05, 4.69) is 5.32 Å². The highest BCUT2D eigenvalue weighted by atomic mass is 16.2. The Balaban J connectivity index is 2.85. The molecule has 1 aromatic rings. The van der Waals surface area contributed by atoms with Crippen LogP contribution < -0.4 is 11.1 Å². The van der Waals surface area contributed by atoms with Crippen LogP contribution in [-0.2, 0) is 4.79 Å². The third-order valence-corrected chi connectivity index (χ3v) is 2.66. The molecule has 0 saturated heterocycles. The molecule has 0 spiro atoms. The number of hydrogen-bond acceptors (Lipinski definition) is 3. The van der Waals surface area contributed by atoms with Crippen LogP contribution in [0.2, 0.25) is 0 Å². The van der Waals surface area contributed by atoms with E-state index in [-0.39, 0.29) is 0 Å². The van der Waals surface area contributed by atoms with E-state index in [1.165, 1.54) is 26.0 Å². The summed E-state index contributed by atoms with van der Waals surface area (Å²) >= 11 is 0. The van der Waals surface area contributed by atoms with Crippen molar-refractivity contribution in [1.82, 2.24) is 15.1 Å². The van der Waals surface area contributed by atoms with Crippen LogP contribution in [0, 0.1) is 0 Å². The molecule has 0 heterocycles. The first-order valence-electron chi connectivity index (χ1n) is 5.94. The normalized spacial score (nSPS) is 11.3. The van der Waals surface area contributed by atoms with Gasteiger partial charge < -0.3 is 16.0 Å². The van der Waals surface area contributed by atoms with Crippen LogP contribution in [0.15, 0.2) is 30.3 Å². The molecule has 108 valence electrons. The van der Waals surface area contributed by atoms with Gasteiger partial charge in [0.2, 0.25) is 5.91 Å². The number of primary amides is 1. The predicted molar refractivity (Wildman–Crippen MR) is 73.8 cm³/mol. The SMILES string of the molecule is CN(C)C(=O)N(C)C(=O)NC(C(N)=O)c1ccccc1. The molecule has 5 amide bonds. The molecule has 0 aliphatic carbocycles. The first-order valence-corrected chi connectivity index (χ1v) is 5.94. The molecular weight excluding hydrogens is 260 g/mol. The van der Waals surface area contributed by atoms with Crippen LogP contribution in [0.25, 0.3) is 0 Å². The average molecular weight is 278 g/mol. The molecular formula is C13H18N4O3. The van der Waals surface area contributed by atoms with Crippen molar-refractivity contribution in [2.45, 2.75) is 6.04 Å². The van der Waals surface area contributed by atoms with E-state index in [1.807, 2.05) is 0 Å². The Kier molecular flexibility index (Phi) is 5.08. The Hall–Kier alpha value is -2.57. The van der Waals surface area contributed by atoms with Gasteiger partial charge in [-0.15, -0.1) is 0 Å². The fourth-order valence-corrected chi connectivity index (χ4v) is 1.57. The third-order valence-electron chi connectivity index (χ3n) is 2.66. The van der Waals surface area contributed by atoms with E-state index in [0.717, 1.165) is 4.90 Å². The summed E-state index contributed by atoms with van der Waals surface area (Å²) < 4.78 is 0. The number of nitrogens with one attached hydrogen (secondary N) is 1. The Morgan fingerprint density at radius 3 is 2.10 bits per heavy atom. The van der Waals surface area contributed by atoms with Gasteiger partial charge in [-0.3, -0.25) is 4.79 Å². The zero-order valence-electron chi connectivity index (χ0n) is 11.7. The fraction of sp³-hybridized carbons (Fsp3) is 0.308. The average Bonchev–Trinajstić information content (AvgIpc) is 2.43. The topological polar surface area (TPSA) is 95.7 Å². The molecule has 0 aromatic heterocycles. The number of benzene rings is 1. The van der Waals surface area contributed by atoms with Crippen molar-refractivity contribution in [2.75, 3.05) is 21.1 Å². The number of nitrogens with two attached hydrogens (primary N) is 1. The molecule has 7 nitrogen and oxygen atoms in total. The summed E-state index contributed by atoms with van der Waals surface area (Å²) in [6.07, 6.45) is 0. The fourth-order valence-electron chi connectivity index (χ4n) is 1.57. The van der Waals surface area contributed by atoms with Gasteiger partial charge in [-0.1, -0.05) is 30.3 Å². The highest BCUT2D eigenvalue weighted by Crippen LogP contribution is 2.12. The van der Waals surface area contributed by atoms with Crippen LogP contribution in [0.5, 0.6) is 0 Å². The molecule has 0 saturated carbocycles. The molecule has 0 aliphatic rings. The van der Waals surface area contributed by atoms with Gasteiger partial charge in [0, 0.05) is 21.1 Å². The van der Waals surface area contributed by atoms with Crippen molar-refractivity contribution in [3.05, 3.63) is 35.9 Å².